The van der Waals surface area contributed by atoms with Crippen LogP contribution >= 0.6 is 0 Å². The highest BCUT2D eigenvalue weighted by Gasteiger charge is 2.21. The van der Waals surface area contributed by atoms with Crippen molar-refractivity contribution in [2.45, 2.75) is 45.6 Å². The molecule has 0 fully saturated rings. The molecular weight excluding hydrogens is 294 g/mol. The molecule has 1 unspecified atom stereocenters. The fraction of sp³-hybridized carbons (Fsp3) is 0.333. The van der Waals surface area contributed by atoms with E-state index in [1.807, 2.05) is 65.0 Å². The molecule has 0 aromatic heterocycles. The molecule has 118 valence electrons. The van der Waals surface area contributed by atoms with Crippen LogP contribution in [0.5, 0.6) is 0 Å². The minimum atomic E-state index is -3.53. The monoisotopic (exact) mass is 317 g/mol. The van der Waals surface area contributed by atoms with Crippen molar-refractivity contribution >= 4 is 10.0 Å². The molecule has 0 heterocycles. The van der Waals surface area contributed by atoms with Crippen LogP contribution in [-0.2, 0) is 10.0 Å². The first kappa shape index (κ1) is 16.7. The van der Waals surface area contributed by atoms with E-state index < -0.39 is 10.0 Å². The van der Waals surface area contributed by atoms with Gasteiger partial charge in [-0.05, 0) is 57.4 Å². The van der Waals surface area contributed by atoms with Crippen LogP contribution in [0.3, 0.4) is 0 Å². The summed E-state index contributed by atoms with van der Waals surface area (Å²) in [5.74, 6) is 0. The van der Waals surface area contributed by atoms with Crippen LogP contribution in [0.4, 0.5) is 0 Å². The Morgan fingerprint density at radius 3 is 2.09 bits per heavy atom. The lowest BCUT2D eigenvalue weighted by atomic mass is 10.0. The quantitative estimate of drug-likeness (QED) is 0.928. The van der Waals surface area contributed by atoms with E-state index in [4.69, 9.17) is 0 Å². The molecule has 1 atom stereocenters. The minimum Gasteiger partial charge on any atom is -0.207 e. The zero-order valence-corrected chi connectivity index (χ0v) is 14.6. The topological polar surface area (TPSA) is 46.2 Å². The summed E-state index contributed by atoms with van der Waals surface area (Å²) >= 11 is 0. The van der Waals surface area contributed by atoms with Gasteiger partial charge in [0.1, 0.15) is 0 Å². The molecule has 0 saturated heterocycles. The molecule has 0 saturated carbocycles. The van der Waals surface area contributed by atoms with Crippen LogP contribution in [0, 0.1) is 27.7 Å². The fourth-order valence-corrected chi connectivity index (χ4v) is 4.14. The predicted molar refractivity (Wildman–Crippen MR) is 90.6 cm³/mol. The normalized spacial score (nSPS) is 13.1. The summed E-state index contributed by atoms with van der Waals surface area (Å²) in [5, 5.41) is 0. The molecule has 2 rings (SSSR count). The molecule has 0 radical (unpaired) electrons. The summed E-state index contributed by atoms with van der Waals surface area (Å²) in [5.41, 5.74) is 5.03. The molecule has 0 amide bonds. The Kier molecular flexibility index (Phi) is 4.73. The van der Waals surface area contributed by atoms with Crippen molar-refractivity contribution in [3.63, 3.8) is 0 Å². The number of aryl methyl sites for hydroxylation is 4. The molecule has 0 aliphatic rings. The number of hydrogen-bond acceptors (Lipinski definition) is 2. The van der Waals surface area contributed by atoms with E-state index in [9.17, 15) is 8.42 Å². The lowest BCUT2D eigenvalue weighted by Gasteiger charge is -2.18. The number of rotatable bonds is 4. The van der Waals surface area contributed by atoms with Gasteiger partial charge < -0.3 is 0 Å². The van der Waals surface area contributed by atoms with Crippen molar-refractivity contribution in [1.82, 2.24) is 4.72 Å². The van der Waals surface area contributed by atoms with Crippen molar-refractivity contribution in [3.8, 4) is 0 Å². The van der Waals surface area contributed by atoms with Crippen LogP contribution in [0.2, 0.25) is 0 Å². The second-order valence-corrected chi connectivity index (χ2v) is 7.65. The molecule has 22 heavy (non-hydrogen) atoms. The standard InChI is InChI=1S/C18H23NO2S/c1-12-7-9-18(15(4)10-12)22(20,21)19-16(5)17-11-13(2)6-8-14(17)3/h6-11,16,19H,1-5H3. The molecule has 0 bridgehead atoms. The highest BCUT2D eigenvalue weighted by atomic mass is 32.2. The first-order chi connectivity index (χ1) is 10.2. The van der Waals surface area contributed by atoms with Crippen LogP contribution in [-0.4, -0.2) is 8.42 Å². The van der Waals surface area contributed by atoms with Gasteiger partial charge in [0.2, 0.25) is 10.0 Å². The van der Waals surface area contributed by atoms with Crippen molar-refractivity contribution < 1.29 is 8.42 Å². The van der Waals surface area contributed by atoms with E-state index >= 15 is 0 Å². The lowest BCUT2D eigenvalue weighted by Crippen LogP contribution is -2.28. The van der Waals surface area contributed by atoms with Gasteiger partial charge in [-0.15, -0.1) is 0 Å². The van der Waals surface area contributed by atoms with Gasteiger partial charge in [-0.2, -0.15) is 0 Å². The molecule has 1 N–H and O–H groups in total. The first-order valence-electron chi connectivity index (χ1n) is 7.37. The Morgan fingerprint density at radius 1 is 0.864 bits per heavy atom. The van der Waals surface area contributed by atoms with Crippen molar-refractivity contribution in [1.29, 1.82) is 0 Å². The molecule has 2 aromatic rings. The van der Waals surface area contributed by atoms with Crippen molar-refractivity contribution in [2.75, 3.05) is 0 Å². The summed E-state index contributed by atoms with van der Waals surface area (Å²) in [6.07, 6.45) is 0. The largest absolute Gasteiger partial charge is 0.241 e. The maximum Gasteiger partial charge on any atom is 0.241 e. The summed E-state index contributed by atoms with van der Waals surface area (Å²) < 4.78 is 28.1. The summed E-state index contributed by atoms with van der Waals surface area (Å²) in [6.45, 7) is 9.66. The smallest absolute Gasteiger partial charge is 0.207 e. The van der Waals surface area contributed by atoms with E-state index in [2.05, 4.69) is 4.72 Å². The zero-order chi connectivity index (χ0) is 16.5. The van der Waals surface area contributed by atoms with Crippen LogP contribution in [0.15, 0.2) is 41.3 Å². The maximum absolute atomic E-state index is 12.6. The second-order valence-electron chi connectivity index (χ2n) is 5.97. The number of hydrogen-bond donors (Lipinski definition) is 1. The van der Waals surface area contributed by atoms with Gasteiger partial charge in [-0.3, -0.25) is 0 Å². The van der Waals surface area contributed by atoms with Crippen LogP contribution in [0.1, 0.15) is 40.8 Å². The summed E-state index contributed by atoms with van der Waals surface area (Å²) in [4.78, 5) is 0.343. The molecule has 3 nitrogen and oxygen atoms in total. The maximum atomic E-state index is 12.6. The highest BCUT2D eigenvalue weighted by molar-refractivity contribution is 7.89. The lowest BCUT2D eigenvalue weighted by molar-refractivity contribution is 0.566. The Labute approximate surface area is 133 Å². The Hall–Kier alpha value is -1.65. The number of benzene rings is 2. The first-order valence-corrected chi connectivity index (χ1v) is 8.86. The number of sulfonamides is 1. The van der Waals surface area contributed by atoms with Gasteiger partial charge in [0.15, 0.2) is 0 Å². The number of nitrogens with one attached hydrogen (secondary N) is 1. The highest BCUT2D eigenvalue weighted by Crippen LogP contribution is 2.23. The minimum absolute atomic E-state index is 0.273. The van der Waals surface area contributed by atoms with E-state index in [0.717, 1.165) is 27.8 Å². The molecule has 0 aliphatic heterocycles. The Bertz CT molecular complexity index is 795. The molecule has 0 aliphatic carbocycles. The third-order valence-corrected chi connectivity index (χ3v) is 5.55. The summed E-state index contributed by atoms with van der Waals surface area (Å²) in [6, 6.07) is 11.2. The van der Waals surface area contributed by atoms with E-state index in [-0.39, 0.29) is 6.04 Å². The molecule has 0 spiro atoms. The molecule has 4 heteroatoms. The van der Waals surface area contributed by atoms with E-state index in [1.54, 1.807) is 6.07 Å². The summed E-state index contributed by atoms with van der Waals surface area (Å²) in [7, 11) is -3.53. The van der Waals surface area contributed by atoms with Crippen molar-refractivity contribution in [3.05, 3.63) is 64.2 Å². The molecule has 2 aromatic carbocycles. The van der Waals surface area contributed by atoms with Gasteiger partial charge in [0.25, 0.3) is 0 Å². The van der Waals surface area contributed by atoms with Crippen LogP contribution in [0.25, 0.3) is 0 Å². The van der Waals surface area contributed by atoms with Crippen LogP contribution < -0.4 is 4.72 Å². The van der Waals surface area contributed by atoms with Gasteiger partial charge in [-0.25, -0.2) is 13.1 Å². The van der Waals surface area contributed by atoms with Gasteiger partial charge in [0.05, 0.1) is 4.90 Å². The average molecular weight is 317 g/mol. The van der Waals surface area contributed by atoms with Crippen molar-refractivity contribution in [2.24, 2.45) is 0 Å². The van der Waals surface area contributed by atoms with Gasteiger partial charge in [0, 0.05) is 6.04 Å². The molecular formula is C18H23NO2S. The fourth-order valence-electron chi connectivity index (χ4n) is 2.69. The second kappa shape index (κ2) is 6.23. The SMILES string of the molecule is Cc1ccc(S(=O)(=O)NC(C)c2cc(C)ccc2C)c(C)c1. The third kappa shape index (κ3) is 3.57. The van der Waals surface area contributed by atoms with Gasteiger partial charge in [-0.1, -0.05) is 41.5 Å². The predicted octanol–water partition coefficient (Wildman–Crippen LogP) is 3.96. The third-order valence-electron chi connectivity index (χ3n) is 3.85. The Balaban J connectivity index is 2.34. The van der Waals surface area contributed by atoms with E-state index in [1.165, 1.54) is 0 Å². The average Bonchev–Trinajstić information content (AvgIpc) is 2.40. The Morgan fingerprint density at radius 2 is 1.45 bits per heavy atom. The van der Waals surface area contributed by atoms with E-state index in [0.29, 0.717) is 4.90 Å². The van der Waals surface area contributed by atoms with Gasteiger partial charge >= 0.3 is 0 Å². The zero-order valence-electron chi connectivity index (χ0n) is 13.8.